The summed E-state index contributed by atoms with van der Waals surface area (Å²) in [5, 5.41) is 16.9. The average molecular weight is 489 g/mol. The van der Waals surface area contributed by atoms with Crippen LogP contribution in [0.1, 0.15) is 21.5 Å². The van der Waals surface area contributed by atoms with Gasteiger partial charge in [-0.15, -0.1) is 0 Å². The van der Waals surface area contributed by atoms with Gasteiger partial charge in [0, 0.05) is 42.5 Å². The molecule has 0 spiro atoms. The van der Waals surface area contributed by atoms with Crippen molar-refractivity contribution in [3.63, 3.8) is 0 Å². The van der Waals surface area contributed by atoms with Crippen LogP contribution in [0.3, 0.4) is 0 Å². The number of nitro groups is 1. The second-order valence-electron chi connectivity index (χ2n) is 7.89. The third-order valence-corrected chi connectivity index (χ3v) is 5.55. The number of benzene rings is 2. The van der Waals surface area contributed by atoms with Crippen LogP contribution in [0.25, 0.3) is 16.9 Å². The summed E-state index contributed by atoms with van der Waals surface area (Å²) in [5.74, 6) is -0.274. The van der Waals surface area contributed by atoms with Crippen molar-refractivity contribution in [2.24, 2.45) is 5.73 Å². The van der Waals surface area contributed by atoms with Gasteiger partial charge < -0.3 is 21.1 Å². The van der Waals surface area contributed by atoms with E-state index >= 15 is 0 Å². The Labute approximate surface area is 206 Å². The number of hydrogen-bond acceptors (Lipinski definition) is 8. The molecular formula is C25H24N6O5. The van der Waals surface area contributed by atoms with E-state index in [0.717, 1.165) is 11.1 Å². The second kappa shape index (κ2) is 10.7. The number of pyridine rings is 1. The summed E-state index contributed by atoms with van der Waals surface area (Å²) in [6.45, 7) is 0.641. The Morgan fingerprint density at radius 2 is 1.86 bits per heavy atom. The highest BCUT2D eigenvalue weighted by Gasteiger charge is 2.18. The fourth-order valence-electron chi connectivity index (χ4n) is 3.68. The number of fused-ring (bicyclic) bond motifs is 1. The van der Waals surface area contributed by atoms with Gasteiger partial charge in [0.1, 0.15) is 23.7 Å². The molecule has 2 aromatic heterocycles. The van der Waals surface area contributed by atoms with E-state index in [9.17, 15) is 19.7 Å². The van der Waals surface area contributed by atoms with Crippen molar-refractivity contribution in [1.29, 1.82) is 0 Å². The molecule has 0 saturated heterocycles. The van der Waals surface area contributed by atoms with E-state index in [4.69, 9.17) is 10.5 Å². The maximum absolute atomic E-state index is 12.8. The van der Waals surface area contributed by atoms with Gasteiger partial charge in [0.15, 0.2) is 0 Å². The molecule has 0 unspecified atom stereocenters. The van der Waals surface area contributed by atoms with E-state index < -0.39 is 10.9 Å². The van der Waals surface area contributed by atoms with Crippen LogP contribution in [0.5, 0.6) is 0 Å². The molecule has 4 rings (SSSR count). The van der Waals surface area contributed by atoms with Crippen LogP contribution < -0.4 is 16.4 Å². The summed E-state index contributed by atoms with van der Waals surface area (Å²) in [5.41, 5.74) is 9.46. The number of ether oxygens (including phenoxy) is 1. The van der Waals surface area contributed by atoms with Gasteiger partial charge in [-0.05, 0) is 35.4 Å². The molecular weight excluding hydrogens is 464 g/mol. The molecule has 4 N–H and O–H groups in total. The van der Waals surface area contributed by atoms with Crippen LogP contribution in [-0.4, -0.2) is 39.8 Å². The van der Waals surface area contributed by atoms with Crippen LogP contribution in [0, 0.1) is 10.1 Å². The molecule has 0 bridgehead atoms. The molecule has 2 heterocycles. The number of non-ortho nitro benzene ring substituents is 1. The molecule has 1 amide bonds. The maximum atomic E-state index is 12.8. The number of carbonyl (C=O) groups excluding carboxylic acids is 2. The molecule has 0 aliphatic carbocycles. The van der Waals surface area contributed by atoms with Gasteiger partial charge >= 0.3 is 5.97 Å². The molecule has 4 aromatic rings. The number of nitrogens with one attached hydrogen (secondary N) is 2. The average Bonchev–Trinajstić information content (AvgIpc) is 3.28. The predicted molar refractivity (Wildman–Crippen MR) is 133 cm³/mol. The Morgan fingerprint density at radius 3 is 2.56 bits per heavy atom. The van der Waals surface area contributed by atoms with E-state index in [1.165, 1.54) is 19.2 Å². The molecule has 2 aromatic carbocycles. The first-order chi connectivity index (χ1) is 17.4. The molecule has 36 heavy (non-hydrogen) atoms. The van der Waals surface area contributed by atoms with Gasteiger partial charge in [0.25, 0.3) is 11.6 Å². The van der Waals surface area contributed by atoms with E-state index in [2.05, 4.69) is 15.6 Å². The van der Waals surface area contributed by atoms with Crippen molar-refractivity contribution >= 4 is 29.0 Å². The summed E-state index contributed by atoms with van der Waals surface area (Å²) in [4.78, 5) is 39.7. The SMILES string of the molecule is COC(=O)CNc1c(-c2ccc([N+](=O)[O-])cc2)nc2cc(C(=O)NCc3cccc(CN)c3)ccn12. The number of nitrogens with zero attached hydrogens (tertiary/aromatic N) is 3. The molecule has 0 atom stereocenters. The minimum absolute atomic E-state index is 0.0532. The minimum Gasteiger partial charge on any atom is -0.468 e. The predicted octanol–water partition coefficient (Wildman–Crippen LogP) is 2.88. The van der Waals surface area contributed by atoms with Crippen molar-refractivity contribution in [1.82, 2.24) is 14.7 Å². The van der Waals surface area contributed by atoms with Crippen molar-refractivity contribution in [3.8, 4) is 11.3 Å². The number of rotatable bonds is 9. The maximum Gasteiger partial charge on any atom is 0.325 e. The molecule has 0 aliphatic rings. The van der Waals surface area contributed by atoms with E-state index in [0.29, 0.717) is 41.4 Å². The third kappa shape index (κ3) is 5.31. The summed E-state index contributed by atoms with van der Waals surface area (Å²) in [7, 11) is 1.28. The van der Waals surface area contributed by atoms with Gasteiger partial charge in [0.2, 0.25) is 0 Å². The first-order valence-corrected chi connectivity index (χ1v) is 11.0. The van der Waals surface area contributed by atoms with Crippen molar-refractivity contribution < 1.29 is 19.2 Å². The Kier molecular flexibility index (Phi) is 7.21. The van der Waals surface area contributed by atoms with Crippen molar-refractivity contribution in [2.45, 2.75) is 13.1 Å². The lowest BCUT2D eigenvalue weighted by Gasteiger charge is -2.09. The smallest absolute Gasteiger partial charge is 0.325 e. The molecule has 0 fully saturated rings. The van der Waals surface area contributed by atoms with Gasteiger partial charge in [-0.2, -0.15) is 0 Å². The minimum atomic E-state index is -0.485. The summed E-state index contributed by atoms with van der Waals surface area (Å²) >= 11 is 0. The van der Waals surface area contributed by atoms with Crippen molar-refractivity contribution in [3.05, 3.63) is 93.7 Å². The highest BCUT2D eigenvalue weighted by atomic mass is 16.6. The number of methoxy groups -OCH3 is 1. The summed E-state index contributed by atoms with van der Waals surface area (Å²) in [6.07, 6.45) is 1.67. The Hall–Kier alpha value is -4.77. The number of aromatic nitrogens is 2. The largest absolute Gasteiger partial charge is 0.468 e. The number of anilines is 1. The fraction of sp³-hybridized carbons (Fsp3) is 0.160. The number of nitro benzene ring substituents is 1. The lowest BCUT2D eigenvalue weighted by Crippen LogP contribution is -2.23. The van der Waals surface area contributed by atoms with Gasteiger partial charge in [0.05, 0.1) is 12.0 Å². The molecule has 11 nitrogen and oxygen atoms in total. The molecule has 0 aliphatic heterocycles. The topological polar surface area (TPSA) is 154 Å². The number of carbonyl (C=O) groups is 2. The highest BCUT2D eigenvalue weighted by molar-refractivity contribution is 5.95. The second-order valence-corrected chi connectivity index (χ2v) is 7.89. The summed E-state index contributed by atoms with van der Waals surface area (Å²) in [6, 6.07) is 16.8. The summed E-state index contributed by atoms with van der Waals surface area (Å²) < 4.78 is 6.41. The molecule has 184 valence electrons. The zero-order chi connectivity index (χ0) is 25.7. The van der Waals surface area contributed by atoms with Crippen LogP contribution in [0.4, 0.5) is 11.5 Å². The van der Waals surface area contributed by atoms with Crippen LogP contribution in [0.2, 0.25) is 0 Å². The van der Waals surface area contributed by atoms with E-state index in [-0.39, 0.29) is 18.1 Å². The lowest BCUT2D eigenvalue weighted by atomic mass is 10.1. The number of esters is 1. The van der Waals surface area contributed by atoms with E-state index in [1.54, 1.807) is 34.9 Å². The lowest BCUT2D eigenvalue weighted by molar-refractivity contribution is -0.384. The van der Waals surface area contributed by atoms with Crippen LogP contribution in [0.15, 0.2) is 66.9 Å². The number of hydrogen-bond donors (Lipinski definition) is 3. The molecule has 11 heteroatoms. The van der Waals surface area contributed by atoms with Crippen LogP contribution in [-0.2, 0) is 22.6 Å². The monoisotopic (exact) mass is 488 g/mol. The number of imidazole rings is 1. The molecule has 0 radical (unpaired) electrons. The quantitative estimate of drug-likeness (QED) is 0.185. The third-order valence-electron chi connectivity index (χ3n) is 5.55. The van der Waals surface area contributed by atoms with Crippen molar-refractivity contribution in [2.75, 3.05) is 19.0 Å². The molecule has 0 saturated carbocycles. The fourth-order valence-corrected chi connectivity index (χ4v) is 3.68. The number of nitrogens with two attached hydrogens (primary N) is 1. The van der Waals surface area contributed by atoms with Crippen LogP contribution >= 0.6 is 0 Å². The first kappa shape index (κ1) is 24.4. The van der Waals surface area contributed by atoms with Gasteiger partial charge in [-0.3, -0.25) is 24.1 Å². The number of amides is 1. The Bertz CT molecular complexity index is 1430. The Morgan fingerprint density at radius 1 is 1.11 bits per heavy atom. The highest BCUT2D eigenvalue weighted by Crippen LogP contribution is 2.30. The van der Waals surface area contributed by atoms with Gasteiger partial charge in [-0.25, -0.2) is 4.98 Å². The normalized spacial score (nSPS) is 10.7. The zero-order valence-corrected chi connectivity index (χ0v) is 19.4. The standard InChI is InChI=1S/C25H24N6O5/c1-36-22(32)15-27-24-23(18-5-7-20(8-6-18)31(34)35)29-21-12-19(9-10-30(21)24)25(33)28-14-17-4-2-3-16(11-17)13-26/h2-12,27H,13-15,26H2,1H3,(H,28,33). The van der Waals surface area contributed by atoms with E-state index in [1.807, 2.05) is 24.3 Å². The van der Waals surface area contributed by atoms with Gasteiger partial charge in [-0.1, -0.05) is 24.3 Å². The Balaban J connectivity index is 1.63. The first-order valence-electron chi connectivity index (χ1n) is 11.0. The zero-order valence-electron chi connectivity index (χ0n) is 19.4.